The summed E-state index contributed by atoms with van der Waals surface area (Å²) in [6, 6.07) is 0.634. The van der Waals surface area contributed by atoms with Crippen molar-refractivity contribution in [2.24, 2.45) is 0 Å². The fourth-order valence-corrected chi connectivity index (χ4v) is 2.54. The number of carbonyl (C=O) groups is 1. The molecule has 1 heterocycles. The van der Waals surface area contributed by atoms with Crippen LogP contribution in [0, 0.1) is 0 Å². The van der Waals surface area contributed by atoms with E-state index in [0.29, 0.717) is 58.1 Å². The van der Waals surface area contributed by atoms with Gasteiger partial charge in [0.05, 0.1) is 39.1 Å². The average Bonchev–Trinajstić information content (AvgIpc) is 2.56. The van der Waals surface area contributed by atoms with Crippen LogP contribution in [0.3, 0.4) is 0 Å². The molecule has 1 fully saturated rings. The summed E-state index contributed by atoms with van der Waals surface area (Å²) in [4.78, 5) is 13.5. The fourth-order valence-electron chi connectivity index (χ4n) is 2.54. The van der Waals surface area contributed by atoms with Crippen LogP contribution in [0.1, 0.15) is 40.0 Å². The molecule has 1 amide bonds. The minimum atomic E-state index is 0.0567. The van der Waals surface area contributed by atoms with Gasteiger partial charge in [-0.1, -0.05) is 6.92 Å². The Hall–Kier alpha value is -0.690. The molecular weight excluding hydrogens is 296 g/mol. The Kier molecular flexibility index (Phi) is 11.2. The Bertz CT molecular complexity index is 305. The summed E-state index contributed by atoms with van der Waals surface area (Å²) in [5.41, 5.74) is 0. The molecule has 0 aromatic carbocycles. The van der Waals surface area contributed by atoms with E-state index < -0.39 is 0 Å². The van der Waals surface area contributed by atoms with Crippen LogP contribution in [0.25, 0.3) is 0 Å². The van der Waals surface area contributed by atoms with Crippen molar-refractivity contribution in [2.45, 2.75) is 52.2 Å². The number of ether oxygens (including phenoxy) is 3. The SMILES string of the molecule is CCC(=O)NCCOCCOCCOC1CCN(C(C)C)CC1. The van der Waals surface area contributed by atoms with E-state index in [1.165, 1.54) is 0 Å². The molecule has 1 rings (SSSR count). The number of hydrogen-bond donors (Lipinski definition) is 1. The molecule has 1 N–H and O–H groups in total. The molecule has 0 bridgehead atoms. The topological polar surface area (TPSA) is 60.0 Å². The second kappa shape index (κ2) is 12.7. The first-order valence-corrected chi connectivity index (χ1v) is 8.91. The number of nitrogens with one attached hydrogen (secondary N) is 1. The summed E-state index contributed by atoms with van der Waals surface area (Å²) >= 11 is 0. The van der Waals surface area contributed by atoms with E-state index in [4.69, 9.17) is 14.2 Å². The molecule has 0 saturated carbocycles. The molecule has 6 heteroatoms. The highest BCUT2D eigenvalue weighted by molar-refractivity contribution is 5.75. The van der Waals surface area contributed by atoms with Gasteiger partial charge in [-0.2, -0.15) is 0 Å². The Labute approximate surface area is 140 Å². The second-order valence-corrected chi connectivity index (χ2v) is 6.13. The molecule has 0 aromatic rings. The van der Waals surface area contributed by atoms with Crippen LogP contribution in [0.4, 0.5) is 0 Å². The van der Waals surface area contributed by atoms with Crippen LogP contribution in [-0.4, -0.2) is 75.6 Å². The van der Waals surface area contributed by atoms with E-state index in [9.17, 15) is 4.79 Å². The average molecular weight is 330 g/mol. The maximum absolute atomic E-state index is 11.0. The van der Waals surface area contributed by atoms with Crippen LogP contribution < -0.4 is 5.32 Å². The minimum absolute atomic E-state index is 0.0567. The van der Waals surface area contributed by atoms with Crippen LogP contribution in [0.2, 0.25) is 0 Å². The number of rotatable bonds is 12. The second-order valence-electron chi connectivity index (χ2n) is 6.13. The van der Waals surface area contributed by atoms with E-state index in [1.54, 1.807) is 0 Å². The first-order valence-electron chi connectivity index (χ1n) is 8.91. The largest absolute Gasteiger partial charge is 0.377 e. The first-order chi connectivity index (χ1) is 11.1. The van der Waals surface area contributed by atoms with Crippen molar-refractivity contribution in [1.82, 2.24) is 10.2 Å². The van der Waals surface area contributed by atoms with Gasteiger partial charge in [-0.05, 0) is 26.7 Å². The zero-order valence-electron chi connectivity index (χ0n) is 15.0. The Balaban J connectivity index is 1.83. The smallest absolute Gasteiger partial charge is 0.219 e. The maximum Gasteiger partial charge on any atom is 0.219 e. The third-order valence-electron chi connectivity index (χ3n) is 4.05. The highest BCUT2D eigenvalue weighted by Gasteiger charge is 2.20. The summed E-state index contributed by atoms with van der Waals surface area (Å²) in [5.74, 6) is 0.0567. The van der Waals surface area contributed by atoms with Gasteiger partial charge in [-0.3, -0.25) is 4.79 Å². The zero-order valence-corrected chi connectivity index (χ0v) is 15.0. The van der Waals surface area contributed by atoms with E-state index >= 15 is 0 Å². The molecule has 1 aliphatic rings. The Morgan fingerprint density at radius 2 is 1.70 bits per heavy atom. The molecule has 6 nitrogen and oxygen atoms in total. The van der Waals surface area contributed by atoms with Gasteiger partial charge in [0.15, 0.2) is 0 Å². The van der Waals surface area contributed by atoms with Crippen molar-refractivity contribution < 1.29 is 19.0 Å². The Morgan fingerprint density at radius 1 is 1.09 bits per heavy atom. The van der Waals surface area contributed by atoms with Crippen molar-refractivity contribution in [1.29, 1.82) is 0 Å². The van der Waals surface area contributed by atoms with Gasteiger partial charge in [0.2, 0.25) is 5.91 Å². The molecule has 0 unspecified atom stereocenters. The van der Waals surface area contributed by atoms with Gasteiger partial charge in [-0.15, -0.1) is 0 Å². The van der Waals surface area contributed by atoms with Gasteiger partial charge in [0.25, 0.3) is 0 Å². The molecule has 23 heavy (non-hydrogen) atoms. The van der Waals surface area contributed by atoms with Crippen molar-refractivity contribution >= 4 is 5.91 Å². The van der Waals surface area contributed by atoms with Crippen molar-refractivity contribution in [3.63, 3.8) is 0 Å². The third-order valence-corrected chi connectivity index (χ3v) is 4.05. The predicted octanol–water partition coefficient (Wildman–Crippen LogP) is 1.44. The number of hydrogen-bond acceptors (Lipinski definition) is 5. The quantitative estimate of drug-likeness (QED) is 0.549. The number of piperidine rings is 1. The first kappa shape index (κ1) is 20.4. The molecule has 136 valence electrons. The van der Waals surface area contributed by atoms with Crippen LogP contribution in [0.5, 0.6) is 0 Å². The number of nitrogens with zero attached hydrogens (tertiary/aromatic N) is 1. The van der Waals surface area contributed by atoms with Gasteiger partial charge >= 0.3 is 0 Å². The zero-order chi connectivity index (χ0) is 16.9. The van der Waals surface area contributed by atoms with Crippen molar-refractivity contribution in [3.8, 4) is 0 Å². The standard InChI is InChI=1S/C17H34N2O4/c1-4-17(20)18-7-10-21-11-12-22-13-14-23-16-5-8-19(9-6-16)15(2)3/h15-16H,4-14H2,1-3H3,(H,18,20). The summed E-state index contributed by atoms with van der Waals surface area (Å²) in [7, 11) is 0. The number of amides is 1. The third kappa shape index (κ3) is 9.91. The lowest BCUT2D eigenvalue weighted by atomic mass is 10.1. The van der Waals surface area contributed by atoms with E-state index in [0.717, 1.165) is 25.9 Å². The number of carbonyl (C=O) groups excluding carboxylic acids is 1. The predicted molar refractivity (Wildman–Crippen MR) is 90.6 cm³/mol. The van der Waals surface area contributed by atoms with Gasteiger partial charge in [0, 0.05) is 32.1 Å². The molecular formula is C17H34N2O4. The molecule has 0 aliphatic carbocycles. The lowest BCUT2D eigenvalue weighted by molar-refractivity contribution is -0.121. The van der Waals surface area contributed by atoms with Crippen molar-refractivity contribution in [2.75, 3.05) is 52.7 Å². The van der Waals surface area contributed by atoms with Gasteiger partial charge < -0.3 is 24.4 Å². The molecule has 0 spiro atoms. The molecule has 1 aliphatic heterocycles. The summed E-state index contributed by atoms with van der Waals surface area (Å²) < 4.78 is 16.7. The Morgan fingerprint density at radius 3 is 2.30 bits per heavy atom. The normalized spacial score (nSPS) is 16.9. The number of likely N-dealkylation sites (tertiary alicyclic amines) is 1. The molecule has 0 radical (unpaired) electrons. The highest BCUT2D eigenvalue weighted by Crippen LogP contribution is 2.15. The fraction of sp³-hybridized carbons (Fsp3) is 0.941. The monoisotopic (exact) mass is 330 g/mol. The van der Waals surface area contributed by atoms with E-state index in [1.807, 2.05) is 6.92 Å². The highest BCUT2D eigenvalue weighted by atomic mass is 16.5. The molecule has 1 saturated heterocycles. The summed E-state index contributed by atoms with van der Waals surface area (Å²) in [6.07, 6.45) is 3.13. The van der Waals surface area contributed by atoms with Gasteiger partial charge in [-0.25, -0.2) is 0 Å². The summed E-state index contributed by atoms with van der Waals surface area (Å²) in [6.45, 7) is 12.1. The van der Waals surface area contributed by atoms with Crippen molar-refractivity contribution in [3.05, 3.63) is 0 Å². The lowest BCUT2D eigenvalue weighted by Crippen LogP contribution is -2.41. The molecule has 0 atom stereocenters. The summed E-state index contributed by atoms with van der Waals surface area (Å²) in [5, 5.41) is 2.76. The van der Waals surface area contributed by atoms with E-state index in [2.05, 4.69) is 24.1 Å². The molecule has 0 aromatic heterocycles. The van der Waals surface area contributed by atoms with Gasteiger partial charge in [0.1, 0.15) is 0 Å². The van der Waals surface area contributed by atoms with Crippen LogP contribution in [-0.2, 0) is 19.0 Å². The lowest BCUT2D eigenvalue weighted by Gasteiger charge is -2.34. The minimum Gasteiger partial charge on any atom is -0.377 e. The van der Waals surface area contributed by atoms with E-state index in [-0.39, 0.29) is 5.91 Å². The maximum atomic E-state index is 11.0. The van der Waals surface area contributed by atoms with Crippen LogP contribution >= 0.6 is 0 Å². The van der Waals surface area contributed by atoms with Crippen LogP contribution in [0.15, 0.2) is 0 Å².